The minimum atomic E-state index is -4.36. The SMILES string of the molecule is N[C@H](CC(F)(F)F)c1cc(Cl)cc(Cl)c1Cl. The highest BCUT2D eigenvalue weighted by molar-refractivity contribution is 6.43. The molecule has 1 atom stereocenters. The lowest BCUT2D eigenvalue weighted by Crippen LogP contribution is -2.20. The summed E-state index contributed by atoms with van der Waals surface area (Å²) in [5, 5.41) is 0.284. The van der Waals surface area contributed by atoms with Gasteiger partial charge in [0.1, 0.15) is 0 Å². The Labute approximate surface area is 105 Å². The van der Waals surface area contributed by atoms with Crippen LogP contribution in [-0.4, -0.2) is 6.18 Å². The van der Waals surface area contributed by atoms with Crippen LogP contribution in [0.25, 0.3) is 0 Å². The number of benzene rings is 1. The van der Waals surface area contributed by atoms with Crippen LogP contribution < -0.4 is 5.73 Å². The molecule has 2 N–H and O–H groups in total. The van der Waals surface area contributed by atoms with E-state index in [1.54, 1.807) is 0 Å². The molecule has 7 heteroatoms. The Morgan fingerprint density at radius 2 is 1.75 bits per heavy atom. The van der Waals surface area contributed by atoms with Crippen molar-refractivity contribution >= 4 is 34.8 Å². The molecule has 0 amide bonds. The van der Waals surface area contributed by atoms with Gasteiger partial charge in [0.25, 0.3) is 0 Å². The molecule has 0 fully saturated rings. The second kappa shape index (κ2) is 5.00. The Morgan fingerprint density at radius 3 is 2.25 bits per heavy atom. The van der Waals surface area contributed by atoms with Gasteiger partial charge >= 0.3 is 6.18 Å². The average molecular weight is 293 g/mol. The van der Waals surface area contributed by atoms with E-state index in [9.17, 15) is 13.2 Å². The number of hydrogen-bond donors (Lipinski definition) is 1. The lowest BCUT2D eigenvalue weighted by Gasteiger charge is -2.16. The third-order valence-corrected chi connectivity index (χ3v) is 2.91. The molecule has 90 valence electrons. The molecule has 1 aromatic rings. The zero-order valence-corrected chi connectivity index (χ0v) is 10.1. The third-order valence-electron chi connectivity index (χ3n) is 1.87. The van der Waals surface area contributed by atoms with Crippen LogP contribution in [-0.2, 0) is 0 Å². The van der Waals surface area contributed by atoms with Gasteiger partial charge in [0, 0.05) is 11.1 Å². The molecule has 0 saturated heterocycles. The Bertz CT molecular complexity index is 392. The van der Waals surface area contributed by atoms with Gasteiger partial charge in [-0.15, -0.1) is 0 Å². The summed E-state index contributed by atoms with van der Waals surface area (Å²) in [6.45, 7) is 0. The number of rotatable bonds is 2. The van der Waals surface area contributed by atoms with Crippen LogP contribution in [0, 0.1) is 0 Å². The first-order valence-corrected chi connectivity index (χ1v) is 5.31. The van der Waals surface area contributed by atoms with E-state index in [1.165, 1.54) is 12.1 Å². The summed E-state index contributed by atoms with van der Waals surface area (Å²) in [4.78, 5) is 0. The first-order chi connectivity index (χ1) is 7.20. The standard InChI is InChI=1S/C9H7Cl3F3N/c10-4-1-5(8(12)6(11)2-4)7(16)3-9(13,14)15/h1-2,7H,3,16H2/t7-/m1/s1. The fourth-order valence-electron chi connectivity index (χ4n) is 1.21. The summed E-state index contributed by atoms with van der Waals surface area (Å²) >= 11 is 17.1. The normalized spacial score (nSPS) is 13.9. The van der Waals surface area contributed by atoms with Crippen molar-refractivity contribution in [1.82, 2.24) is 0 Å². The maximum absolute atomic E-state index is 12.1. The fraction of sp³-hybridized carbons (Fsp3) is 0.333. The molecule has 0 aliphatic heterocycles. The van der Waals surface area contributed by atoms with Gasteiger partial charge in [-0.1, -0.05) is 34.8 Å². The maximum Gasteiger partial charge on any atom is 0.390 e. The highest BCUT2D eigenvalue weighted by Gasteiger charge is 2.32. The third kappa shape index (κ3) is 3.70. The lowest BCUT2D eigenvalue weighted by atomic mass is 10.0. The van der Waals surface area contributed by atoms with Gasteiger partial charge in [0.05, 0.1) is 16.5 Å². The molecule has 0 saturated carbocycles. The largest absolute Gasteiger partial charge is 0.390 e. The van der Waals surface area contributed by atoms with E-state index < -0.39 is 18.6 Å². The monoisotopic (exact) mass is 291 g/mol. The van der Waals surface area contributed by atoms with Gasteiger partial charge in [0.2, 0.25) is 0 Å². The van der Waals surface area contributed by atoms with Crippen molar-refractivity contribution in [1.29, 1.82) is 0 Å². The highest BCUT2D eigenvalue weighted by atomic mass is 35.5. The molecular formula is C9H7Cl3F3N. The Morgan fingerprint density at radius 1 is 1.19 bits per heavy atom. The Hall–Kier alpha value is -0.160. The number of alkyl halides is 3. The molecule has 0 spiro atoms. The van der Waals surface area contributed by atoms with Crippen LogP contribution >= 0.6 is 34.8 Å². The van der Waals surface area contributed by atoms with Crippen LogP contribution in [0.5, 0.6) is 0 Å². The Balaban J connectivity index is 3.04. The van der Waals surface area contributed by atoms with Crippen molar-refractivity contribution in [2.24, 2.45) is 5.73 Å². The Kier molecular flexibility index (Phi) is 4.35. The molecule has 1 nitrogen and oxygen atoms in total. The summed E-state index contributed by atoms with van der Waals surface area (Å²) in [7, 11) is 0. The zero-order valence-electron chi connectivity index (χ0n) is 7.78. The van der Waals surface area contributed by atoms with Gasteiger partial charge < -0.3 is 5.73 Å². The van der Waals surface area contributed by atoms with Crippen molar-refractivity contribution in [3.63, 3.8) is 0 Å². The quantitative estimate of drug-likeness (QED) is 0.792. The molecule has 0 radical (unpaired) electrons. The van der Waals surface area contributed by atoms with E-state index in [4.69, 9.17) is 40.5 Å². The second-order valence-electron chi connectivity index (χ2n) is 3.22. The molecule has 1 aromatic carbocycles. The first kappa shape index (κ1) is 13.9. The molecule has 0 aromatic heterocycles. The van der Waals surface area contributed by atoms with Crippen molar-refractivity contribution < 1.29 is 13.2 Å². The number of hydrogen-bond acceptors (Lipinski definition) is 1. The van der Waals surface area contributed by atoms with E-state index in [0.717, 1.165) is 0 Å². The van der Waals surface area contributed by atoms with E-state index in [0.29, 0.717) is 0 Å². The van der Waals surface area contributed by atoms with Crippen molar-refractivity contribution in [2.45, 2.75) is 18.6 Å². The minimum absolute atomic E-state index is 0.00261. The molecule has 16 heavy (non-hydrogen) atoms. The van der Waals surface area contributed by atoms with Crippen LogP contribution in [0.3, 0.4) is 0 Å². The maximum atomic E-state index is 12.1. The van der Waals surface area contributed by atoms with Crippen molar-refractivity contribution in [3.05, 3.63) is 32.8 Å². The van der Waals surface area contributed by atoms with E-state index in [1.807, 2.05) is 0 Å². The summed E-state index contributed by atoms with van der Waals surface area (Å²) in [6.07, 6.45) is -5.54. The lowest BCUT2D eigenvalue weighted by molar-refractivity contribution is -0.138. The fourth-order valence-corrected chi connectivity index (χ4v) is 1.96. The van der Waals surface area contributed by atoms with Gasteiger partial charge in [0.15, 0.2) is 0 Å². The molecule has 0 bridgehead atoms. The van der Waals surface area contributed by atoms with Crippen molar-refractivity contribution in [2.75, 3.05) is 0 Å². The zero-order chi connectivity index (χ0) is 12.5. The van der Waals surface area contributed by atoms with Crippen LogP contribution in [0.15, 0.2) is 12.1 Å². The van der Waals surface area contributed by atoms with E-state index >= 15 is 0 Å². The first-order valence-electron chi connectivity index (χ1n) is 4.17. The summed E-state index contributed by atoms with van der Waals surface area (Å²) in [6, 6.07) is 1.35. The topological polar surface area (TPSA) is 26.0 Å². The number of nitrogens with two attached hydrogens (primary N) is 1. The van der Waals surface area contributed by atoms with Crippen LogP contribution in [0.1, 0.15) is 18.0 Å². The molecule has 0 unspecified atom stereocenters. The van der Waals surface area contributed by atoms with Gasteiger partial charge in [-0.25, -0.2) is 0 Å². The van der Waals surface area contributed by atoms with Gasteiger partial charge in [-0.05, 0) is 17.7 Å². The van der Waals surface area contributed by atoms with Gasteiger partial charge in [-0.2, -0.15) is 13.2 Å². The highest BCUT2D eigenvalue weighted by Crippen LogP contribution is 2.36. The molecule has 1 rings (SSSR count). The van der Waals surface area contributed by atoms with E-state index in [2.05, 4.69) is 0 Å². The predicted octanol–water partition coefficient (Wildman–Crippen LogP) is 4.60. The van der Waals surface area contributed by atoms with Crippen LogP contribution in [0.4, 0.5) is 13.2 Å². The molecule has 0 aliphatic carbocycles. The predicted molar refractivity (Wildman–Crippen MR) is 59.1 cm³/mol. The second-order valence-corrected chi connectivity index (χ2v) is 4.44. The molecule has 0 heterocycles. The number of halogens is 6. The summed E-state index contributed by atoms with van der Waals surface area (Å²) < 4.78 is 36.4. The summed E-state index contributed by atoms with van der Waals surface area (Å²) in [5.41, 5.74) is 5.49. The van der Waals surface area contributed by atoms with Crippen LogP contribution in [0.2, 0.25) is 15.1 Å². The minimum Gasteiger partial charge on any atom is -0.324 e. The average Bonchev–Trinajstić information content (AvgIpc) is 2.08. The van der Waals surface area contributed by atoms with Crippen molar-refractivity contribution in [3.8, 4) is 0 Å². The van der Waals surface area contributed by atoms with E-state index in [-0.39, 0.29) is 20.6 Å². The smallest absolute Gasteiger partial charge is 0.324 e. The molecule has 0 aliphatic rings. The molecular weight excluding hydrogens is 285 g/mol. The van der Waals surface area contributed by atoms with Gasteiger partial charge in [-0.3, -0.25) is 0 Å². The summed E-state index contributed by atoms with van der Waals surface area (Å²) in [5.74, 6) is 0.